The lowest BCUT2D eigenvalue weighted by atomic mass is 9.97. The van der Waals surface area contributed by atoms with Gasteiger partial charge in [0.05, 0.1) is 6.10 Å². The Kier molecular flexibility index (Phi) is 3.62. The van der Waals surface area contributed by atoms with E-state index in [2.05, 4.69) is 53.2 Å². The Morgan fingerprint density at radius 2 is 1.79 bits per heavy atom. The Labute approximate surface area is 117 Å². The van der Waals surface area contributed by atoms with E-state index in [1.807, 2.05) is 6.07 Å². The fraction of sp³-hybridized carbons (Fsp3) is 0.176. The lowest BCUT2D eigenvalue weighted by Crippen LogP contribution is -2.13. The zero-order chi connectivity index (χ0) is 13.1. The highest BCUT2D eigenvalue weighted by Crippen LogP contribution is 2.21. The van der Waals surface area contributed by atoms with E-state index in [9.17, 15) is 5.11 Å². The van der Waals surface area contributed by atoms with Crippen molar-refractivity contribution in [2.45, 2.75) is 18.9 Å². The molecule has 0 saturated carbocycles. The van der Waals surface area contributed by atoms with Gasteiger partial charge in [0.25, 0.3) is 0 Å². The molecule has 0 spiro atoms. The monoisotopic (exact) mass is 268 g/mol. The minimum Gasteiger partial charge on any atom is -0.392 e. The molecule has 3 aromatic rings. The number of aliphatic hydroxyl groups is 1. The largest absolute Gasteiger partial charge is 0.392 e. The summed E-state index contributed by atoms with van der Waals surface area (Å²) in [5, 5.41) is 16.9. The van der Waals surface area contributed by atoms with Gasteiger partial charge in [-0.2, -0.15) is 11.3 Å². The summed E-state index contributed by atoms with van der Waals surface area (Å²) in [5.74, 6) is 0. The topological polar surface area (TPSA) is 20.2 Å². The molecular weight excluding hydrogens is 252 g/mol. The molecule has 2 aromatic carbocycles. The van der Waals surface area contributed by atoms with Gasteiger partial charge >= 0.3 is 0 Å². The Bertz CT molecular complexity index is 653. The highest BCUT2D eigenvalue weighted by molar-refractivity contribution is 7.07. The van der Waals surface area contributed by atoms with E-state index in [0.29, 0.717) is 6.42 Å². The van der Waals surface area contributed by atoms with Gasteiger partial charge in [-0.25, -0.2) is 0 Å². The predicted molar refractivity (Wildman–Crippen MR) is 81.7 cm³/mol. The molecule has 1 atom stereocenters. The number of fused-ring (bicyclic) bond motifs is 1. The molecule has 0 aliphatic rings. The van der Waals surface area contributed by atoms with Crippen LogP contribution in [0.2, 0.25) is 0 Å². The van der Waals surface area contributed by atoms with E-state index in [1.165, 1.54) is 21.9 Å². The second kappa shape index (κ2) is 5.55. The van der Waals surface area contributed by atoms with E-state index in [0.717, 1.165) is 6.42 Å². The fourth-order valence-electron chi connectivity index (χ4n) is 2.48. The summed E-state index contributed by atoms with van der Waals surface area (Å²) in [4.78, 5) is 0. The minimum absolute atomic E-state index is 0.319. The van der Waals surface area contributed by atoms with Crippen LogP contribution in [0, 0.1) is 0 Å². The molecule has 1 nitrogen and oxygen atoms in total. The van der Waals surface area contributed by atoms with Crippen molar-refractivity contribution >= 4 is 22.1 Å². The third-order valence-electron chi connectivity index (χ3n) is 3.39. The van der Waals surface area contributed by atoms with Gasteiger partial charge in [0, 0.05) is 0 Å². The molecule has 1 N–H and O–H groups in total. The SMILES string of the molecule is OC(Cc1ccsc1)Cc1cccc2ccccc12. The van der Waals surface area contributed by atoms with Crippen molar-refractivity contribution in [3.8, 4) is 0 Å². The van der Waals surface area contributed by atoms with Gasteiger partial charge < -0.3 is 5.11 Å². The van der Waals surface area contributed by atoms with Crippen LogP contribution in [0.15, 0.2) is 59.3 Å². The van der Waals surface area contributed by atoms with Crippen molar-refractivity contribution in [1.29, 1.82) is 0 Å². The van der Waals surface area contributed by atoms with Gasteiger partial charge in [-0.1, -0.05) is 42.5 Å². The van der Waals surface area contributed by atoms with Gasteiger partial charge in [-0.3, -0.25) is 0 Å². The number of hydrogen-bond donors (Lipinski definition) is 1. The van der Waals surface area contributed by atoms with Crippen LogP contribution in [0.25, 0.3) is 10.8 Å². The van der Waals surface area contributed by atoms with E-state index in [1.54, 1.807) is 11.3 Å². The van der Waals surface area contributed by atoms with Crippen LogP contribution in [-0.4, -0.2) is 11.2 Å². The zero-order valence-electron chi connectivity index (χ0n) is 10.6. The van der Waals surface area contributed by atoms with E-state index < -0.39 is 0 Å². The van der Waals surface area contributed by atoms with Crippen LogP contribution in [-0.2, 0) is 12.8 Å². The molecule has 0 bridgehead atoms. The summed E-state index contributed by atoms with van der Waals surface area (Å²) in [7, 11) is 0. The molecule has 19 heavy (non-hydrogen) atoms. The first kappa shape index (κ1) is 12.4. The van der Waals surface area contributed by atoms with Crippen molar-refractivity contribution in [3.63, 3.8) is 0 Å². The Balaban J connectivity index is 1.81. The smallest absolute Gasteiger partial charge is 0.0621 e. The van der Waals surface area contributed by atoms with Gasteiger partial charge in [0.2, 0.25) is 0 Å². The average molecular weight is 268 g/mol. The number of aliphatic hydroxyl groups excluding tert-OH is 1. The summed E-state index contributed by atoms with van der Waals surface area (Å²) >= 11 is 1.68. The third kappa shape index (κ3) is 2.86. The van der Waals surface area contributed by atoms with Crippen molar-refractivity contribution in [2.75, 3.05) is 0 Å². The molecule has 0 fully saturated rings. The molecule has 96 valence electrons. The van der Waals surface area contributed by atoms with Gasteiger partial charge in [-0.05, 0) is 51.6 Å². The lowest BCUT2D eigenvalue weighted by molar-refractivity contribution is 0.176. The summed E-state index contributed by atoms with van der Waals surface area (Å²) in [6, 6.07) is 16.7. The maximum absolute atomic E-state index is 10.2. The molecule has 1 aromatic heterocycles. The average Bonchev–Trinajstić information content (AvgIpc) is 2.92. The van der Waals surface area contributed by atoms with Crippen LogP contribution in [0.3, 0.4) is 0 Å². The predicted octanol–water partition coefficient (Wildman–Crippen LogP) is 4.05. The third-order valence-corrected chi connectivity index (χ3v) is 4.12. The Morgan fingerprint density at radius 3 is 2.63 bits per heavy atom. The number of rotatable bonds is 4. The van der Waals surface area contributed by atoms with Crippen molar-refractivity contribution in [2.24, 2.45) is 0 Å². The van der Waals surface area contributed by atoms with Crippen LogP contribution >= 0.6 is 11.3 Å². The van der Waals surface area contributed by atoms with Crippen LogP contribution in [0.4, 0.5) is 0 Å². The molecule has 0 aliphatic carbocycles. The first-order valence-electron chi connectivity index (χ1n) is 6.49. The highest BCUT2D eigenvalue weighted by atomic mass is 32.1. The molecule has 2 heteroatoms. The van der Waals surface area contributed by atoms with Crippen LogP contribution in [0.1, 0.15) is 11.1 Å². The molecule has 1 heterocycles. The van der Waals surface area contributed by atoms with E-state index >= 15 is 0 Å². The minimum atomic E-state index is -0.319. The summed E-state index contributed by atoms with van der Waals surface area (Å²) < 4.78 is 0. The molecule has 0 saturated heterocycles. The Morgan fingerprint density at radius 1 is 0.947 bits per heavy atom. The first-order chi connectivity index (χ1) is 9.33. The lowest BCUT2D eigenvalue weighted by Gasteiger charge is -2.12. The van der Waals surface area contributed by atoms with Crippen molar-refractivity contribution < 1.29 is 5.11 Å². The van der Waals surface area contributed by atoms with Crippen LogP contribution < -0.4 is 0 Å². The van der Waals surface area contributed by atoms with E-state index in [-0.39, 0.29) is 6.10 Å². The van der Waals surface area contributed by atoms with Gasteiger partial charge in [0.1, 0.15) is 0 Å². The van der Waals surface area contributed by atoms with Crippen molar-refractivity contribution in [3.05, 3.63) is 70.4 Å². The second-order valence-electron chi connectivity index (χ2n) is 4.83. The quantitative estimate of drug-likeness (QED) is 0.757. The molecular formula is C17H16OS. The maximum atomic E-state index is 10.2. The zero-order valence-corrected chi connectivity index (χ0v) is 11.4. The number of benzene rings is 2. The Hall–Kier alpha value is -1.64. The van der Waals surface area contributed by atoms with E-state index in [4.69, 9.17) is 0 Å². The summed E-state index contributed by atoms with van der Waals surface area (Å²) in [6.07, 6.45) is 1.12. The first-order valence-corrected chi connectivity index (χ1v) is 7.43. The maximum Gasteiger partial charge on any atom is 0.0621 e. The highest BCUT2D eigenvalue weighted by Gasteiger charge is 2.09. The standard InChI is InChI=1S/C17H16OS/c18-16(10-13-8-9-19-12-13)11-15-6-3-5-14-4-1-2-7-17(14)15/h1-9,12,16,18H,10-11H2. The molecule has 0 radical (unpaired) electrons. The van der Waals surface area contributed by atoms with Crippen molar-refractivity contribution in [1.82, 2.24) is 0 Å². The molecule has 0 amide bonds. The van der Waals surface area contributed by atoms with Gasteiger partial charge in [-0.15, -0.1) is 0 Å². The van der Waals surface area contributed by atoms with Gasteiger partial charge in [0.15, 0.2) is 0 Å². The summed E-state index contributed by atoms with van der Waals surface area (Å²) in [6.45, 7) is 0. The molecule has 1 unspecified atom stereocenters. The normalized spacial score (nSPS) is 12.7. The van der Waals surface area contributed by atoms with Crippen LogP contribution in [0.5, 0.6) is 0 Å². The number of thiophene rings is 1. The fourth-order valence-corrected chi connectivity index (χ4v) is 3.16. The summed E-state index contributed by atoms with van der Waals surface area (Å²) in [5.41, 5.74) is 2.44. The number of hydrogen-bond acceptors (Lipinski definition) is 2. The second-order valence-corrected chi connectivity index (χ2v) is 5.61. The molecule has 0 aliphatic heterocycles. The molecule has 3 rings (SSSR count).